The topological polar surface area (TPSA) is 0 Å². The Morgan fingerprint density at radius 1 is 0.682 bits per heavy atom. The van der Waals surface area contributed by atoms with E-state index in [1.165, 1.54) is 46.5 Å². The molecule has 44 heavy (non-hydrogen) atoms. The standard InChI is InChI=1S/C21H25.2C6H4Cl.C5H5.CH2.2ClH.Zr/c1-20(2,3)16-7-9-18-14(12-16)11-15-13-17(21(4,5)6)8-10-19(15)18;2*7-6-4-2-1-3-5-6;1-2-4-5-3-1;;;;/h7-10,12H,11H2,1-6H3;2*2-5H;1-3H,4H2;1H2;2*1H;. The minimum atomic E-state index is -4.90. The van der Waals surface area contributed by atoms with Crippen molar-refractivity contribution < 1.29 is 18.3 Å². The van der Waals surface area contributed by atoms with Gasteiger partial charge in [0.05, 0.1) is 0 Å². The van der Waals surface area contributed by atoms with Crippen molar-refractivity contribution in [1.29, 1.82) is 0 Å². The third-order valence-corrected chi connectivity index (χ3v) is 26.7. The van der Waals surface area contributed by atoms with Crippen molar-refractivity contribution >= 4 is 62.0 Å². The van der Waals surface area contributed by atoms with Crippen molar-refractivity contribution in [2.45, 2.75) is 65.2 Å². The van der Waals surface area contributed by atoms with E-state index < -0.39 is 18.3 Å². The van der Waals surface area contributed by atoms with Gasteiger partial charge in [0.25, 0.3) is 0 Å². The summed E-state index contributed by atoms with van der Waals surface area (Å²) in [6.07, 6.45) is 8.70. The molecule has 4 aromatic carbocycles. The zero-order valence-electron chi connectivity index (χ0n) is 26.4. The summed E-state index contributed by atoms with van der Waals surface area (Å²) in [6.45, 7) is 13.9. The second-order valence-electron chi connectivity index (χ2n) is 14.4. The number of allylic oxidation sites excluding steroid dienone is 4. The van der Waals surface area contributed by atoms with Crippen molar-refractivity contribution in [2.24, 2.45) is 0 Å². The quantitative estimate of drug-likeness (QED) is 0.172. The first-order chi connectivity index (χ1) is 19.7. The zero-order chi connectivity index (χ0) is 30.1. The van der Waals surface area contributed by atoms with Crippen molar-refractivity contribution in [1.82, 2.24) is 0 Å². The fraction of sp³-hybridized carbons (Fsp3) is 0.256. The van der Waals surface area contributed by atoms with Gasteiger partial charge in [0.15, 0.2) is 0 Å². The Morgan fingerprint density at radius 3 is 1.70 bits per heavy atom. The Labute approximate surface area is 287 Å². The Hall–Kier alpha value is -1.73. The number of halogens is 4. The van der Waals surface area contributed by atoms with E-state index in [1.54, 1.807) is 0 Å². The van der Waals surface area contributed by atoms with Crippen molar-refractivity contribution in [3.8, 4) is 11.1 Å². The van der Waals surface area contributed by atoms with Gasteiger partial charge in [0.2, 0.25) is 0 Å². The molecule has 0 spiro atoms. The van der Waals surface area contributed by atoms with Gasteiger partial charge in [-0.2, -0.15) is 0 Å². The van der Waals surface area contributed by atoms with E-state index in [1.807, 2.05) is 0 Å². The maximum absolute atomic E-state index is 6.55. The van der Waals surface area contributed by atoms with Crippen LogP contribution >= 0.6 is 48.0 Å². The van der Waals surface area contributed by atoms with E-state index >= 15 is 0 Å². The monoisotopic (exact) mass is 740 g/mol. The van der Waals surface area contributed by atoms with Crippen LogP contribution in [0, 0.1) is 0 Å². The van der Waals surface area contributed by atoms with Gasteiger partial charge >= 0.3 is 265 Å². The molecule has 0 aliphatic heterocycles. The zero-order valence-corrected chi connectivity index (χ0v) is 32.0. The van der Waals surface area contributed by atoms with Gasteiger partial charge < -0.3 is 0 Å². The Morgan fingerprint density at radius 2 is 1.23 bits per heavy atom. The summed E-state index contributed by atoms with van der Waals surface area (Å²) in [5, 5.41) is 1.49. The van der Waals surface area contributed by atoms with Crippen LogP contribution in [-0.4, -0.2) is 4.21 Å². The van der Waals surface area contributed by atoms with E-state index in [-0.39, 0.29) is 35.6 Å². The molecule has 0 nitrogen and oxygen atoms in total. The molecule has 0 heterocycles. The second kappa shape index (κ2) is 12.1. The molecule has 0 unspecified atom stereocenters. The molecule has 6 rings (SSSR count). The fourth-order valence-electron chi connectivity index (χ4n) is 7.48. The molecule has 0 amide bonds. The Kier molecular flexibility index (Phi) is 9.69. The predicted molar refractivity (Wildman–Crippen MR) is 197 cm³/mol. The first kappa shape index (κ1) is 35.1. The molecule has 0 saturated carbocycles. The van der Waals surface area contributed by atoms with Gasteiger partial charge in [-0.3, -0.25) is 0 Å². The van der Waals surface area contributed by atoms with Crippen molar-refractivity contribution in [3.63, 3.8) is 0 Å². The molecule has 0 fully saturated rings. The summed E-state index contributed by atoms with van der Waals surface area (Å²) in [4.78, 5) is 0. The van der Waals surface area contributed by atoms with E-state index in [9.17, 15) is 0 Å². The van der Waals surface area contributed by atoms with Gasteiger partial charge in [0, 0.05) is 0 Å². The Balaban J connectivity index is 0.00000221. The first-order valence-electron chi connectivity index (χ1n) is 14.9. The SMILES string of the molecule is Cl.Cl.[CH2]=[Zr]([C]1=CC=CC1)([c]1ccc(Cl)cc1)([c]1ccc(Cl)cc1)[c]1c(C(C)(C)C)ccc2c1Cc1cc(C(C)(C)C)ccc1-2. The van der Waals surface area contributed by atoms with Gasteiger partial charge in [-0.05, 0) is 0 Å². The summed E-state index contributed by atoms with van der Waals surface area (Å²) in [7, 11) is 0. The molecule has 2 aliphatic rings. The van der Waals surface area contributed by atoms with Gasteiger partial charge in [0.1, 0.15) is 0 Å². The molecule has 0 radical (unpaired) electrons. The van der Waals surface area contributed by atoms with E-state index in [0.29, 0.717) is 0 Å². The van der Waals surface area contributed by atoms with Gasteiger partial charge in [-0.1, -0.05) is 0 Å². The van der Waals surface area contributed by atoms with Crippen LogP contribution in [0.1, 0.15) is 70.2 Å². The van der Waals surface area contributed by atoms with Crippen LogP contribution in [0.5, 0.6) is 0 Å². The third-order valence-electron chi connectivity index (χ3n) is 9.74. The van der Waals surface area contributed by atoms with Crippen LogP contribution in [0.4, 0.5) is 0 Å². The van der Waals surface area contributed by atoms with Crippen molar-refractivity contribution in [2.75, 3.05) is 0 Å². The Bertz CT molecular complexity index is 1800. The average molecular weight is 744 g/mol. The van der Waals surface area contributed by atoms with Crippen LogP contribution in [0.15, 0.2) is 100 Å². The van der Waals surface area contributed by atoms with E-state index in [0.717, 1.165) is 22.9 Å². The molecular formula is C39H42Cl4Zr. The molecular weight excluding hydrogens is 701 g/mol. The summed E-state index contributed by atoms with van der Waals surface area (Å²) >= 11 is 8.19. The number of hydrogen-bond donors (Lipinski definition) is 0. The summed E-state index contributed by atoms with van der Waals surface area (Å²) in [5.41, 5.74) is 8.34. The predicted octanol–water partition coefficient (Wildman–Crippen LogP) is 10.2. The number of hydrogen-bond acceptors (Lipinski definition) is 0. The normalized spacial score (nSPS) is 14.3. The summed E-state index contributed by atoms with van der Waals surface area (Å²) < 4.78 is 11.2. The van der Waals surface area contributed by atoms with Gasteiger partial charge in [-0.25, -0.2) is 0 Å². The molecule has 0 N–H and O–H groups in total. The van der Waals surface area contributed by atoms with E-state index in [2.05, 4.69) is 139 Å². The summed E-state index contributed by atoms with van der Waals surface area (Å²) in [5.74, 6) is 0. The van der Waals surface area contributed by atoms with Crippen LogP contribution in [0.3, 0.4) is 0 Å². The maximum atomic E-state index is 6.55. The molecule has 4 aromatic rings. The van der Waals surface area contributed by atoms with Crippen LogP contribution < -0.4 is 9.81 Å². The molecule has 0 bridgehead atoms. The number of benzene rings is 4. The third kappa shape index (κ3) is 5.40. The van der Waals surface area contributed by atoms with Gasteiger partial charge in [-0.15, -0.1) is 24.8 Å². The second-order valence-corrected chi connectivity index (χ2v) is 28.0. The molecule has 5 heteroatoms. The number of rotatable bonds is 4. The minimum absolute atomic E-state index is 0. The first-order valence-corrected chi connectivity index (χ1v) is 22.4. The molecule has 0 aromatic heterocycles. The average Bonchev–Trinajstić information content (AvgIpc) is 3.60. The molecule has 2 aliphatic carbocycles. The fourth-order valence-corrected chi connectivity index (χ4v) is 24.3. The molecule has 0 atom stereocenters. The van der Waals surface area contributed by atoms with Crippen molar-refractivity contribution in [3.05, 3.63) is 133 Å². The van der Waals surface area contributed by atoms with Crippen LogP contribution in [0.2, 0.25) is 10.0 Å². The molecule has 0 saturated heterocycles. The van der Waals surface area contributed by atoms with Crippen LogP contribution in [0.25, 0.3) is 11.1 Å². The number of fused-ring (bicyclic) bond motifs is 3. The van der Waals surface area contributed by atoms with Crippen LogP contribution in [-0.2, 0) is 35.5 Å². The van der Waals surface area contributed by atoms with E-state index in [4.69, 9.17) is 27.4 Å². The summed E-state index contributed by atoms with van der Waals surface area (Å²) in [6, 6.07) is 29.2. The molecule has 230 valence electrons.